The number of alkyl halides is 1. The van der Waals surface area contributed by atoms with Crippen LogP contribution >= 0.6 is 0 Å². The first-order chi connectivity index (χ1) is 5.42. The minimum Gasteiger partial charge on any atom is -0.384 e. The maximum atomic E-state index is 13.2. The van der Waals surface area contributed by atoms with Gasteiger partial charge in [-0.25, -0.2) is 4.39 Å². The molecular formula is C8H14FNO2. The van der Waals surface area contributed by atoms with Crippen LogP contribution in [-0.2, 0) is 4.79 Å². The quantitative estimate of drug-likeness (QED) is 0.623. The van der Waals surface area contributed by atoms with Crippen LogP contribution < -0.4 is 0 Å². The van der Waals surface area contributed by atoms with E-state index in [9.17, 15) is 9.18 Å². The van der Waals surface area contributed by atoms with Gasteiger partial charge in [0.2, 0.25) is 0 Å². The molecule has 0 aromatic heterocycles. The van der Waals surface area contributed by atoms with Gasteiger partial charge in [-0.1, -0.05) is 0 Å². The molecule has 12 heavy (non-hydrogen) atoms. The van der Waals surface area contributed by atoms with Gasteiger partial charge in [-0.15, -0.1) is 0 Å². The minimum atomic E-state index is -1.27. The van der Waals surface area contributed by atoms with E-state index in [0.29, 0.717) is 13.0 Å². The Bertz CT molecular complexity index is 191. The second-order valence-corrected chi connectivity index (χ2v) is 3.60. The normalized spacial score (nSPS) is 32.2. The van der Waals surface area contributed by atoms with E-state index in [2.05, 4.69) is 0 Å². The molecule has 0 radical (unpaired) electrons. The highest BCUT2D eigenvalue weighted by Crippen LogP contribution is 2.24. The van der Waals surface area contributed by atoms with Gasteiger partial charge in [0, 0.05) is 13.0 Å². The Morgan fingerprint density at radius 3 is 2.67 bits per heavy atom. The number of amides is 1. The van der Waals surface area contributed by atoms with Crippen molar-refractivity contribution in [3.63, 3.8) is 0 Å². The molecule has 1 fully saturated rings. The van der Waals surface area contributed by atoms with Crippen LogP contribution in [-0.4, -0.2) is 40.8 Å². The van der Waals surface area contributed by atoms with E-state index >= 15 is 0 Å². The summed E-state index contributed by atoms with van der Waals surface area (Å²) in [6, 6.07) is 0. The van der Waals surface area contributed by atoms with E-state index in [4.69, 9.17) is 5.11 Å². The fourth-order valence-corrected chi connectivity index (χ4v) is 1.38. The second-order valence-electron chi connectivity index (χ2n) is 3.60. The lowest BCUT2D eigenvalue weighted by Gasteiger charge is -2.18. The van der Waals surface area contributed by atoms with Crippen LogP contribution in [0.5, 0.6) is 0 Å². The van der Waals surface area contributed by atoms with E-state index in [1.807, 2.05) is 0 Å². The Hall–Kier alpha value is -0.640. The van der Waals surface area contributed by atoms with Gasteiger partial charge in [-0.2, -0.15) is 0 Å². The van der Waals surface area contributed by atoms with Gasteiger partial charge in [0.15, 0.2) is 0 Å². The molecule has 1 aliphatic heterocycles. The van der Waals surface area contributed by atoms with Gasteiger partial charge in [-0.3, -0.25) is 4.79 Å². The van der Waals surface area contributed by atoms with Crippen LogP contribution in [0.15, 0.2) is 0 Å². The maximum Gasteiger partial charge on any atom is 0.251 e. The van der Waals surface area contributed by atoms with E-state index in [-0.39, 0.29) is 12.5 Å². The van der Waals surface area contributed by atoms with Gasteiger partial charge in [-0.05, 0) is 13.8 Å². The first-order valence-corrected chi connectivity index (χ1v) is 4.08. The summed E-state index contributed by atoms with van der Waals surface area (Å²) in [6.45, 7) is 3.39. The molecule has 0 bridgehead atoms. The topological polar surface area (TPSA) is 40.5 Å². The van der Waals surface area contributed by atoms with Gasteiger partial charge in [0.25, 0.3) is 5.91 Å². The largest absolute Gasteiger partial charge is 0.384 e. The molecule has 0 spiro atoms. The van der Waals surface area contributed by atoms with Gasteiger partial charge in [0.1, 0.15) is 11.8 Å². The number of aliphatic hydroxyl groups excluding tert-OH is 1. The number of rotatable bonds is 1. The summed E-state index contributed by atoms with van der Waals surface area (Å²) in [5.41, 5.74) is -1.27. The molecule has 3 nitrogen and oxygen atoms in total. The Labute approximate surface area is 71.2 Å². The average molecular weight is 175 g/mol. The summed E-state index contributed by atoms with van der Waals surface area (Å²) < 4.78 is 13.2. The molecule has 1 saturated heterocycles. The van der Waals surface area contributed by atoms with Gasteiger partial charge in [0.05, 0.1) is 6.54 Å². The zero-order chi connectivity index (χ0) is 9.35. The average Bonchev–Trinajstić information content (AvgIpc) is 2.28. The Morgan fingerprint density at radius 1 is 1.75 bits per heavy atom. The zero-order valence-corrected chi connectivity index (χ0v) is 7.38. The Kier molecular flexibility index (Phi) is 2.37. The van der Waals surface area contributed by atoms with Crippen LogP contribution in [0, 0.1) is 0 Å². The number of nitrogens with zero attached hydrogens (tertiary/aromatic N) is 1. The third-order valence-corrected chi connectivity index (χ3v) is 2.09. The number of halogens is 1. The number of carbonyl (C=O) groups excluding carboxylic acids is 1. The summed E-state index contributed by atoms with van der Waals surface area (Å²) in [5, 5.41) is 8.94. The molecule has 1 rings (SSSR count). The van der Waals surface area contributed by atoms with Crippen molar-refractivity contribution in [1.29, 1.82) is 0 Å². The summed E-state index contributed by atoms with van der Waals surface area (Å²) in [4.78, 5) is 12.5. The zero-order valence-electron chi connectivity index (χ0n) is 7.38. The van der Waals surface area contributed by atoms with Crippen molar-refractivity contribution in [1.82, 2.24) is 4.90 Å². The molecule has 1 amide bonds. The lowest BCUT2D eigenvalue weighted by atomic mass is 10.1. The summed E-state index contributed by atoms with van der Waals surface area (Å²) in [6.07, 6.45) is -0.648. The van der Waals surface area contributed by atoms with E-state index in [0.717, 1.165) is 0 Å². The lowest BCUT2D eigenvalue weighted by Crippen LogP contribution is -2.37. The number of aliphatic hydroxyl groups is 1. The third kappa shape index (κ3) is 1.94. The third-order valence-electron chi connectivity index (χ3n) is 2.09. The summed E-state index contributed by atoms with van der Waals surface area (Å²) in [7, 11) is 0. The molecule has 70 valence electrons. The Morgan fingerprint density at radius 2 is 2.33 bits per heavy atom. The number of carbonyl (C=O) groups is 1. The van der Waals surface area contributed by atoms with Crippen molar-refractivity contribution in [3.8, 4) is 0 Å². The molecule has 1 heterocycles. The van der Waals surface area contributed by atoms with E-state index in [1.54, 1.807) is 0 Å². The summed E-state index contributed by atoms with van der Waals surface area (Å²) in [5.74, 6) is -0.378. The maximum absolute atomic E-state index is 13.2. The van der Waals surface area contributed by atoms with Crippen molar-refractivity contribution < 1.29 is 14.3 Å². The second kappa shape index (κ2) is 3.01. The van der Waals surface area contributed by atoms with Crippen LogP contribution in [0.3, 0.4) is 0 Å². The molecule has 1 unspecified atom stereocenters. The fraction of sp³-hybridized carbons (Fsp3) is 0.875. The number of hydrogen-bond acceptors (Lipinski definition) is 2. The predicted molar refractivity (Wildman–Crippen MR) is 42.4 cm³/mol. The van der Waals surface area contributed by atoms with Crippen molar-refractivity contribution in [2.24, 2.45) is 0 Å². The first kappa shape index (κ1) is 9.45. The molecule has 0 aliphatic carbocycles. The van der Waals surface area contributed by atoms with Crippen molar-refractivity contribution in [2.45, 2.75) is 32.0 Å². The molecular weight excluding hydrogens is 161 g/mol. The smallest absolute Gasteiger partial charge is 0.251 e. The van der Waals surface area contributed by atoms with Crippen molar-refractivity contribution in [3.05, 3.63) is 0 Å². The fourth-order valence-electron chi connectivity index (χ4n) is 1.38. The lowest BCUT2D eigenvalue weighted by molar-refractivity contribution is -0.138. The van der Waals surface area contributed by atoms with Crippen molar-refractivity contribution in [2.75, 3.05) is 13.1 Å². The van der Waals surface area contributed by atoms with Crippen LogP contribution in [0.1, 0.15) is 20.3 Å². The van der Waals surface area contributed by atoms with E-state index < -0.39 is 11.8 Å². The molecule has 1 aliphatic rings. The minimum absolute atomic E-state index is 0.108. The SMILES string of the molecule is C[C@H](O)C(=O)N1CCC(C)(F)C1. The van der Waals surface area contributed by atoms with Crippen LogP contribution in [0.25, 0.3) is 0 Å². The Balaban J connectivity index is 2.53. The van der Waals surface area contributed by atoms with Crippen molar-refractivity contribution >= 4 is 5.91 Å². The molecule has 0 aromatic carbocycles. The monoisotopic (exact) mass is 175 g/mol. The van der Waals surface area contributed by atoms with Gasteiger partial charge < -0.3 is 10.0 Å². The number of likely N-dealkylation sites (tertiary alicyclic amines) is 1. The number of hydrogen-bond donors (Lipinski definition) is 1. The molecule has 0 aromatic rings. The van der Waals surface area contributed by atoms with Gasteiger partial charge >= 0.3 is 0 Å². The molecule has 1 N–H and O–H groups in total. The molecule has 2 atom stereocenters. The molecule has 4 heteroatoms. The predicted octanol–water partition coefficient (Wildman–Crippen LogP) is 0.328. The summed E-state index contributed by atoms with van der Waals surface area (Å²) >= 11 is 0. The van der Waals surface area contributed by atoms with Crippen LogP contribution in [0.2, 0.25) is 0 Å². The highest BCUT2D eigenvalue weighted by atomic mass is 19.1. The standard InChI is InChI=1S/C8H14FNO2/c1-6(11)7(12)10-4-3-8(2,9)5-10/h6,11H,3-5H2,1-2H3/t6-,8?/m0/s1. The first-order valence-electron chi connectivity index (χ1n) is 4.08. The highest BCUT2D eigenvalue weighted by Gasteiger charge is 2.36. The molecule has 0 saturated carbocycles. The van der Waals surface area contributed by atoms with E-state index in [1.165, 1.54) is 18.7 Å². The van der Waals surface area contributed by atoms with Crippen LogP contribution in [0.4, 0.5) is 4.39 Å². The highest BCUT2D eigenvalue weighted by molar-refractivity contribution is 5.80.